The van der Waals surface area contributed by atoms with Gasteiger partial charge in [-0.05, 0) is 70.6 Å². The van der Waals surface area contributed by atoms with Crippen molar-refractivity contribution in [2.45, 2.75) is 89.9 Å². The summed E-state index contributed by atoms with van der Waals surface area (Å²) >= 11 is 0. The van der Waals surface area contributed by atoms with Crippen LogP contribution in [0.3, 0.4) is 0 Å². The molecule has 0 aliphatic heterocycles. The van der Waals surface area contributed by atoms with Gasteiger partial charge in [-0.1, -0.05) is 13.3 Å². The average molecular weight is 506 g/mol. The number of fused-ring (bicyclic) bond motifs is 1. The highest BCUT2D eigenvalue weighted by molar-refractivity contribution is 5.94. The molecule has 36 heavy (non-hydrogen) atoms. The van der Waals surface area contributed by atoms with Crippen LogP contribution in [-0.4, -0.2) is 53.3 Å². The summed E-state index contributed by atoms with van der Waals surface area (Å²) in [6.45, 7) is 11.7. The third kappa shape index (κ3) is 7.33. The highest BCUT2D eigenvalue weighted by atomic mass is 19.1. The van der Waals surface area contributed by atoms with Crippen molar-refractivity contribution in [1.29, 1.82) is 0 Å². The van der Waals surface area contributed by atoms with Crippen LogP contribution < -0.4 is 16.0 Å². The standard InChI is InChI=1S/C27H41F2N5O2/c1-7-8-23(32-20-10-9-18-11-19(28)12-22(29)21(18)13-20)25(35)33-24-14-34(17-31-24)26(2,3)15-30-16-27(4,5)36-6/h11-12,14,17,20,23,30,32H,7-10,13,15-16H2,1-6H3,(H,33,35)/t20?,23-/m0/s1. The number of methoxy groups -OCH3 is 1. The maximum Gasteiger partial charge on any atom is 0.242 e. The van der Waals surface area contributed by atoms with Crippen LogP contribution in [0.5, 0.6) is 0 Å². The molecule has 0 fully saturated rings. The highest BCUT2D eigenvalue weighted by Crippen LogP contribution is 2.26. The number of hydrogen-bond donors (Lipinski definition) is 3. The van der Waals surface area contributed by atoms with Crippen LogP contribution in [0.25, 0.3) is 0 Å². The summed E-state index contributed by atoms with van der Waals surface area (Å²) < 4.78 is 35.3. The SMILES string of the molecule is CCC[C@H](NC1CCc2cc(F)cc(F)c2C1)C(=O)Nc1cn(C(C)(C)CNCC(C)(C)OC)cn1. The second-order valence-corrected chi connectivity index (χ2v) is 11.0. The first kappa shape index (κ1) is 28.2. The minimum Gasteiger partial charge on any atom is -0.377 e. The molecule has 0 spiro atoms. The molecule has 200 valence electrons. The molecule has 0 saturated carbocycles. The van der Waals surface area contributed by atoms with Gasteiger partial charge in [-0.3, -0.25) is 4.79 Å². The lowest BCUT2D eigenvalue weighted by Gasteiger charge is -2.30. The molecule has 3 rings (SSSR count). The molecule has 1 heterocycles. The maximum atomic E-state index is 14.3. The largest absolute Gasteiger partial charge is 0.377 e. The lowest BCUT2D eigenvalue weighted by Crippen LogP contribution is -2.48. The van der Waals surface area contributed by atoms with Gasteiger partial charge in [0, 0.05) is 38.5 Å². The van der Waals surface area contributed by atoms with Gasteiger partial charge in [-0.2, -0.15) is 0 Å². The third-order valence-corrected chi connectivity index (χ3v) is 6.99. The van der Waals surface area contributed by atoms with Crippen LogP contribution in [0.4, 0.5) is 14.6 Å². The van der Waals surface area contributed by atoms with E-state index >= 15 is 0 Å². The number of hydrogen-bond acceptors (Lipinski definition) is 5. The Labute approximate surface area is 213 Å². The first-order valence-corrected chi connectivity index (χ1v) is 12.8. The average Bonchev–Trinajstić information content (AvgIpc) is 3.28. The van der Waals surface area contributed by atoms with E-state index in [0.717, 1.165) is 24.5 Å². The summed E-state index contributed by atoms with van der Waals surface area (Å²) in [7, 11) is 1.70. The van der Waals surface area contributed by atoms with Crippen molar-refractivity contribution >= 4 is 11.7 Å². The van der Waals surface area contributed by atoms with Gasteiger partial charge in [0.2, 0.25) is 5.91 Å². The monoisotopic (exact) mass is 505 g/mol. The Balaban J connectivity index is 1.60. The molecule has 7 nitrogen and oxygen atoms in total. The Bertz CT molecular complexity index is 1040. The minimum atomic E-state index is -0.543. The smallest absolute Gasteiger partial charge is 0.242 e. The fraction of sp³-hybridized carbons (Fsp3) is 0.630. The van der Waals surface area contributed by atoms with E-state index in [4.69, 9.17) is 4.74 Å². The number of aromatic nitrogens is 2. The number of nitrogens with one attached hydrogen (secondary N) is 3. The Morgan fingerprint density at radius 1 is 1.25 bits per heavy atom. The number of anilines is 1. The van der Waals surface area contributed by atoms with E-state index in [9.17, 15) is 13.6 Å². The van der Waals surface area contributed by atoms with Crippen LogP contribution in [0.2, 0.25) is 0 Å². The second-order valence-electron chi connectivity index (χ2n) is 11.0. The molecule has 0 radical (unpaired) electrons. The Morgan fingerprint density at radius 2 is 2.00 bits per heavy atom. The summed E-state index contributed by atoms with van der Waals surface area (Å²) in [5.74, 6) is -0.728. The topological polar surface area (TPSA) is 80.2 Å². The Hall–Kier alpha value is -2.36. The normalized spacial score (nSPS) is 17.1. The summed E-state index contributed by atoms with van der Waals surface area (Å²) in [6, 6.07) is 1.86. The van der Waals surface area contributed by atoms with E-state index in [0.29, 0.717) is 43.7 Å². The zero-order chi connectivity index (χ0) is 26.5. The molecule has 2 aromatic rings. The van der Waals surface area contributed by atoms with Crippen LogP contribution in [-0.2, 0) is 27.9 Å². The number of ether oxygens (including phenoxy) is 1. The Kier molecular flexibility index (Phi) is 9.24. The van der Waals surface area contributed by atoms with Crippen molar-refractivity contribution in [1.82, 2.24) is 20.2 Å². The summed E-state index contributed by atoms with van der Waals surface area (Å²) in [4.78, 5) is 17.5. The quantitative estimate of drug-likeness (QED) is 0.404. The molecule has 0 saturated heterocycles. The van der Waals surface area contributed by atoms with Gasteiger partial charge in [0.05, 0.1) is 23.5 Å². The van der Waals surface area contributed by atoms with Crippen molar-refractivity contribution in [3.05, 3.63) is 47.4 Å². The zero-order valence-corrected chi connectivity index (χ0v) is 22.4. The molecule has 1 unspecified atom stereocenters. The van der Waals surface area contributed by atoms with Crippen molar-refractivity contribution < 1.29 is 18.3 Å². The molecule has 1 aliphatic carbocycles. The van der Waals surface area contributed by atoms with Crippen LogP contribution in [0.15, 0.2) is 24.7 Å². The fourth-order valence-corrected chi connectivity index (χ4v) is 4.56. The lowest BCUT2D eigenvalue weighted by molar-refractivity contribution is -0.118. The second kappa shape index (κ2) is 11.8. The molecular weight excluding hydrogens is 464 g/mol. The van der Waals surface area contributed by atoms with Crippen molar-refractivity contribution in [2.75, 3.05) is 25.5 Å². The third-order valence-electron chi connectivity index (χ3n) is 6.99. The summed E-state index contributed by atoms with van der Waals surface area (Å²) in [6.07, 6.45) is 6.76. The van der Waals surface area contributed by atoms with E-state index in [1.54, 1.807) is 13.4 Å². The predicted octanol–water partition coefficient (Wildman–Crippen LogP) is 4.17. The van der Waals surface area contributed by atoms with E-state index < -0.39 is 17.7 Å². The number of imidazole rings is 1. The van der Waals surface area contributed by atoms with Gasteiger partial charge in [-0.15, -0.1) is 0 Å². The molecule has 2 atom stereocenters. The number of carbonyl (C=O) groups excluding carboxylic acids is 1. The summed E-state index contributed by atoms with van der Waals surface area (Å²) in [5.41, 5.74) is 0.739. The van der Waals surface area contributed by atoms with Crippen LogP contribution in [0, 0.1) is 11.6 Å². The Morgan fingerprint density at radius 3 is 2.69 bits per heavy atom. The number of amides is 1. The van der Waals surface area contributed by atoms with E-state index in [-0.39, 0.29) is 23.1 Å². The van der Waals surface area contributed by atoms with Crippen molar-refractivity contribution in [3.63, 3.8) is 0 Å². The molecule has 1 amide bonds. The van der Waals surface area contributed by atoms with Crippen LogP contribution >= 0.6 is 0 Å². The van der Waals surface area contributed by atoms with Crippen molar-refractivity contribution in [2.24, 2.45) is 0 Å². The molecule has 1 aromatic carbocycles. The van der Waals surface area contributed by atoms with E-state index in [2.05, 4.69) is 34.8 Å². The molecule has 1 aromatic heterocycles. The van der Waals surface area contributed by atoms with E-state index in [1.165, 1.54) is 6.07 Å². The maximum absolute atomic E-state index is 14.3. The molecule has 9 heteroatoms. The van der Waals surface area contributed by atoms with Crippen molar-refractivity contribution in [3.8, 4) is 0 Å². The van der Waals surface area contributed by atoms with Gasteiger partial charge in [0.15, 0.2) is 5.82 Å². The first-order valence-electron chi connectivity index (χ1n) is 12.8. The number of benzene rings is 1. The number of nitrogens with zero attached hydrogens (tertiary/aromatic N) is 2. The number of carbonyl (C=O) groups is 1. The number of rotatable bonds is 12. The van der Waals surface area contributed by atoms with Gasteiger partial charge in [0.25, 0.3) is 0 Å². The van der Waals surface area contributed by atoms with Crippen LogP contribution in [0.1, 0.15) is 65.0 Å². The lowest BCUT2D eigenvalue weighted by atomic mass is 9.87. The van der Waals surface area contributed by atoms with Gasteiger partial charge < -0.3 is 25.3 Å². The molecule has 0 bridgehead atoms. The van der Waals surface area contributed by atoms with Gasteiger partial charge >= 0.3 is 0 Å². The van der Waals surface area contributed by atoms with Gasteiger partial charge in [0.1, 0.15) is 11.6 Å². The van der Waals surface area contributed by atoms with Gasteiger partial charge in [-0.25, -0.2) is 13.8 Å². The molecule has 1 aliphatic rings. The molecular formula is C27H41F2N5O2. The highest BCUT2D eigenvalue weighted by Gasteiger charge is 2.28. The summed E-state index contributed by atoms with van der Waals surface area (Å²) in [5, 5.41) is 9.80. The minimum absolute atomic E-state index is 0.0568. The fourth-order valence-electron chi connectivity index (χ4n) is 4.56. The van der Waals surface area contributed by atoms with E-state index in [1.807, 2.05) is 31.5 Å². The first-order chi connectivity index (χ1) is 16.9. The number of halogens is 2. The molecule has 3 N–H and O–H groups in total. The number of aryl methyl sites for hydroxylation is 1. The zero-order valence-electron chi connectivity index (χ0n) is 22.4. The predicted molar refractivity (Wildman–Crippen MR) is 138 cm³/mol.